The molecule has 0 fully saturated rings. The lowest BCUT2D eigenvalue weighted by Gasteiger charge is -2.05. The van der Waals surface area contributed by atoms with E-state index < -0.39 is 15.9 Å². The van der Waals surface area contributed by atoms with Gasteiger partial charge in [-0.1, -0.05) is 42.2 Å². The van der Waals surface area contributed by atoms with Gasteiger partial charge in [-0.3, -0.25) is 4.79 Å². The van der Waals surface area contributed by atoms with Crippen molar-refractivity contribution in [2.45, 2.75) is 4.90 Å². The number of benzene rings is 3. The number of nitrogens with two attached hydrogens (primary N) is 1. The Morgan fingerprint density at radius 2 is 1.65 bits per heavy atom. The van der Waals surface area contributed by atoms with E-state index in [0.717, 1.165) is 10.8 Å². The van der Waals surface area contributed by atoms with E-state index in [1.165, 1.54) is 0 Å². The molecular formula is C20H16N2O3S. The zero-order valence-electron chi connectivity index (χ0n) is 13.8. The van der Waals surface area contributed by atoms with Crippen molar-refractivity contribution in [3.63, 3.8) is 0 Å². The summed E-state index contributed by atoms with van der Waals surface area (Å²) in [5, 5.41) is 1.83. The van der Waals surface area contributed by atoms with E-state index in [9.17, 15) is 13.2 Å². The summed E-state index contributed by atoms with van der Waals surface area (Å²) < 4.78 is 27.2. The normalized spacial score (nSPS) is 10.9. The smallest absolute Gasteiger partial charge is 0.248 e. The minimum Gasteiger partial charge on any atom is -0.366 e. The summed E-state index contributed by atoms with van der Waals surface area (Å²) in [5.41, 5.74) is 6.23. The summed E-state index contributed by atoms with van der Waals surface area (Å²) >= 11 is 0. The van der Waals surface area contributed by atoms with Gasteiger partial charge in [0.1, 0.15) is 0 Å². The Balaban J connectivity index is 1.69. The van der Waals surface area contributed by atoms with Crippen LogP contribution in [0.3, 0.4) is 0 Å². The Kier molecular flexibility index (Phi) is 5.03. The number of sulfonamides is 1. The maximum atomic E-state index is 12.4. The maximum Gasteiger partial charge on any atom is 0.248 e. The van der Waals surface area contributed by atoms with Crippen LogP contribution in [-0.4, -0.2) is 20.9 Å². The first kappa shape index (κ1) is 17.7. The molecule has 3 N–H and O–H groups in total. The molecule has 0 unspecified atom stereocenters. The molecule has 3 aromatic carbocycles. The highest BCUT2D eigenvalue weighted by molar-refractivity contribution is 7.89. The lowest BCUT2D eigenvalue weighted by atomic mass is 10.1. The van der Waals surface area contributed by atoms with Crippen LogP contribution in [0.1, 0.15) is 15.9 Å². The zero-order chi connectivity index (χ0) is 18.6. The summed E-state index contributed by atoms with van der Waals surface area (Å²) in [7, 11) is -3.64. The van der Waals surface area contributed by atoms with E-state index in [-0.39, 0.29) is 11.4 Å². The van der Waals surface area contributed by atoms with E-state index in [4.69, 9.17) is 5.73 Å². The molecular weight excluding hydrogens is 348 g/mol. The molecule has 0 bridgehead atoms. The number of fused-ring (bicyclic) bond motifs is 1. The summed E-state index contributed by atoms with van der Waals surface area (Å²) in [5.74, 6) is 5.09. The first-order valence-electron chi connectivity index (χ1n) is 7.83. The number of amides is 1. The number of hydrogen-bond acceptors (Lipinski definition) is 3. The molecule has 0 saturated heterocycles. The van der Waals surface area contributed by atoms with Crippen LogP contribution in [-0.2, 0) is 10.0 Å². The molecule has 0 heterocycles. The minimum atomic E-state index is -3.64. The van der Waals surface area contributed by atoms with Gasteiger partial charge in [0.25, 0.3) is 0 Å². The Morgan fingerprint density at radius 3 is 2.35 bits per heavy atom. The Morgan fingerprint density at radius 1 is 0.962 bits per heavy atom. The van der Waals surface area contributed by atoms with Gasteiger partial charge < -0.3 is 5.73 Å². The van der Waals surface area contributed by atoms with Gasteiger partial charge in [-0.15, -0.1) is 0 Å². The van der Waals surface area contributed by atoms with Crippen molar-refractivity contribution < 1.29 is 13.2 Å². The van der Waals surface area contributed by atoms with Crippen LogP contribution in [0.4, 0.5) is 0 Å². The van der Waals surface area contributed by atoms with Crippen molar-refractivity contribution in [1.29, 1.82) is 0 Å². The average molecular weight is 364 g/mol. The van der Waals surface area contributed by atoms with Crippen LogP contribution in [0, 0.1) is 11.8 Å². The molecule has 0 aliphatic rings. The van der Waals surface area contributed by atoms with E-state index in [2.05, 4.69) is 16.6 Å². The van der Waals surface area contributed by atoms with Crippen molar-refractivity contribution in [3.05, 3.63) is 77.9 Å². The van der Waals surface area contributed by atoms with Gasteiger partial charge in [-0.25, -0.2) is 8.42 Å². The molecule has 0 aliphatic carbocycles. The molecule has 5 nitrogen and oxygen atoms in total. The second kappa shape index (κ2) is 7.40. The highest BCUT2D eigenvalue weighted by atomic mass is 32.2. The van der Waals surface area contributed by atoms with E-state index in [1.807, 2.05) is 24.3 Å². The van der Waals surface area contributed by atoms with E-state index in [1.54, 1.807) is 42.5 Å². The third kappa shape index (κ3) is 4.09. The number of rotatable bonds is 4. The Bertz CT molecular complexity index is 1120. The Labute approximate surface area is 151 Å². The lowest BCUT2D eigenvalue weighted by molar-refractivity contribution is 0.100. The number of hydrogen-bond donors (Lipinski definition) is 2. The van der Waals surface area contributed by atoms with Crippen LogP contribution >= 0.6 is 0 Å². The number of carbonyl (C=O) groups is 1. The molecule has 0 spiro atoms. The summed E-state index contributed by atoms with van der Waals surface area (Å²) in [6.07, 6.45) is 0. The van der Waals surface area contributed by atoms with E-state index in [0.29, 0.717) is 11.1 Å². The summed E-state index contributed by atoms with van der Waals surface area (Å²) in [4.78, 5) is 11.2. The maximum absolute atomic E-state index is 12.4. The van der Waals surface area contributed by atoms with E-state index >= 15 is 0 Å². The first-order valence-corrected chi connectivity index (χ1v) is 9.31. The Hall–Kier alpha value is -3.14. The van der Waals surface area contributed by atoms with Crippen molar-refractivity contribution >= 4 is 26.7 Å². The monoisotopic (exact) mass is 364 g/mol. The molecule has 3 rings (SSSR count). The van der Waals surface area contributed by atoms with Crippen LogP contribution in [0.25, 0.3) is 10.8 Å². The predicted molar refractivity (Wildman–Crippen MR) is 101 cm³/mol. The van der Waals surface area contributed by atoms with Crippen LogP contribution in [0.15, 0.2) is 71.6 Å². The summed E-state index contributed by atoms with van der Waals surface area (Å²) in [6, 6.07) is 19.0. The van der Waals surface area contributed by atoms with Gasteiger partial charge in [-0.2, -0.15) is 4.72 Å². The molecule has 0 saturated carbocycles. The third-order valence-corrected chi connectivity index (χ3v) is 5.18. The molecule has 0 aromatic heterocycles. The highest BCUT2D eigenvalue weighted by Gasteiger charge is 2.13. The molecule has 0 atom stereocenters. The van der Waals surface area contributed by atoms with Crippen molar-refractivity contribution in [1.82, 2.24) is 4.72 Å². The van der Waals surface area contributed by atoms with Gasteiger partial charge >= 0.3 is 0 Å². The fourth-order valence-corrected chi connectivity index (χ4v) is 3.37. The standard InChI is InChI=1S/C20H16N2O3S/c21-20(23)17-9-7-15(8-10-17)4-3-13-22-26(24,25)19-12-11-16-5-1-2-6-18(16)14-19/h1-2,5-12,14,22H,13H2,(H2,21,23). The summed E-state index contributed by atoms with van der Waals surface area (Å²) in [6.45, 7) is -0.0211. The van der Waals surface area contributed by atoms with Gasteiger partial charge in [-0.05, 0) is 47.2 Å². The van der Waals surface area contributed by atoms with Crippen molar-refractivity contribution in [3.8, 4) is 11.8 Å². The fraction of sp³-hybridized carbons (Fsp3) is 0.0500. The zero-order valence-corrected chi connectivity index (χ0v) is 14.6. The largest absolute Gasteiger partial charge is 0.366 e. The van der Waals surface area contributed by atoms with Gasteiger partial charge in [0.15, 0.2) is 0 Å². The molecule has 130 valence electrons. The molecule has 1 amide bonds. The molecule has 0 aliphatic heterocycles. The average Bonchev–Trinajstić information content (AvgIpc) is 2.65. The number of primary amides is 1. The first-order chi connectivity index (χ1) is 12.5. The molecule has 6 heteroatoms. The lowest BCUT2D eigenvalue weighted by Crippen LogP contribution is -2.23. The quantitative estimate of drug-likeness (QED) is 0.696. The molecule has 26 heavy (non-hydrogen) atoms. The topological polar surface area (TPSA) is 89.3 Å². The molecule has 0 radical (unpaired) electrons. The SMILES string of the molecule is NC(=O)c1ccc(C#CCNS(=O)(=O)c2ccc3ccccc3c2)cc1. The van der Waals surface area contributed by atoms with Crippen LogP contribution < -0.4 is 10.5 Å². The predicted octanol–water partition coefficient (Wildman–Crippen LogP) is 2.27. The van der Waals surface area contributed by atoms with Crippen LogP contribution in [0.2, 0.25) is 0 Å². The van der Waals surface area contributed by atoms with Gasteiger partial charge in [0.2, 0.25) is 15.9 Å². The fourth-order valence-electron chi connectivity index (χ4n) is 2.41. The second-order valence-electron chi connectivity index (χ2n) is 5.58. The molecule has 3 aromatic rings. The minimum absolute atomic E-state index is 0.0211. The second-order valence-corrected chi connectivity index (χ2v) is 7.34. The third-order valence-electron chi connectivity index (χ3n) is 3.78. The van der Waals surface area contributed by atoms with Crippen molar-refractivity contribution in [2.24, 2.45) is 5.73 Å². The van der Waals surface area contributed by atoms with Crippen LogP contribution in [0.5, 0.6) is 0 Å². The van der Waals surface area contributed by atoms with Gasteiger partial charge in [0.05, 0.1) is 11.4 Å². The number of nitrogens with one attached hydrogen (secondary N) is 1. The number of carbonyl (C=O) groups excluding carboxylic acids is 1. The van der Waals surface area contributed by atoms with Gasteiger partial charge in [0, 0.05) is 11.1 Å². The van der Waals surface area contributed by atoms with Crippen molar-refractivity contribution in [2.75, 3.05) is 6.54 Å². The highest BCUT2D eigenvalue weighted by Crippen LogP contribution is 2.18.